The van der Waals surface area contributed by atoms with Crippen LogP contribution in [-0.4, -0.2) is 31.5 Å². The zero-order chi connectivity index (χ0) is 13.8. The average Bonchev–Trinajstić information content (AvgIpc) is 2.91. The number of para-hydroxylation sites is 1. The number of carbonyl (C=O) groups is 1. The molecule has 4 heteroatoms. The third kappa shape index (κ3) is 3.00. The number of anilines is 1. The van der Waals surface area contributed by atoms with Crippen LogP contribution in [0.5, 0.6) is 5.75 Å². The van der Waals surface area contributed by atoms with Crippen LogP contribution in [0.25, 0.3) is 0 Å². The minimum absolute atomic E-state index is 0.0247. The predicted octanol–water partition coefficient (Wildman–Crippen LogP) is 2.54. The molecule has 1 aliphatic carbocycles. The number of hydrogen-bond donors (Lipinski definition) is 1. The monoisotopic (exact) mass is 262 g/mol. The summed E-state index contributed by atoms with van der Waals surface area (Å²) in [5.74, 6) is 1.17. The van der Waals surface area contributed by atoms with Crippen molar-refractivity contribution in [1.29, 1.82) is 0 Å². The topological polar surface area (TPSA) is 55.6 Å². The Morgan fingerprint density at radius 3 is 2.74 bits per heavy atom. The van der Waals surface area contributed by atoms with Crippen molar-refractivity contribution in [3.8, 4) is 5.75 Å². The summed E-state index contributed by atoms with van der Waals surface area (Å²) >= 11 is 0. The molecule has 0 aliphatic heterocycles. The number of nitrogen functional groups attached to an aromatic ring is 1. The minimum atomic E-state index is -0.0247. The lowest BCUT2D eigenvalue weighted by Gasteiger charge is -2.22. The summed E-state index contributed by atoms with van der Waals surface area (Å²) in [6, 6.07) is 5.32. The van der Waals surface area contributed by atoms with E-state index in [2.05, 4.69) is 0 Å². The molecule has 1 saturated carbocycles. The van der Waals surface area contributed by atoms with E-state index < -0.39 is 0 Å². The van der Waals surface area contributed by atoms with Crippen LogP contribution in [0.15, 0.2) is 18.2 Å². The number of amides is 1. The summed E-state index contributed by atoms with van der Waals surface area (Å²) in [7, 11) is 3.40. The molecule has 0 spiro atoms. The SMILES string of the molecule is COc1cccc(C(=O)N(C)CC2CCCC2)c1N. The van der Waals surface area contributed by atoms with E-state index in [9.17, 15) is 4.79 Å². The number of nitrogens with two attached hydrogens (primary N) is 1. The van der Waals surface area contributed by atoms with E-state index in [-0.39, 0.29) is 5.91 Å². The fourth-order valence-corrected chi connectivity index (χ4v) is 2.78. The molecular weight excluding hydrogens is 240 g/mol. The maximum absolute atomic E-state index is 12.4. The standard InChI is InChI=1S/C15H22N2O2/c1-17(10-11-6-3-4-7-11)15(18)12-8-5-9-13(19-2)14(12)16/h5,8-9,11H,3-4,6-7,10,16H2,1-2H3. The third-order valence-corrected chi connectivity index (χ3v) is 3.87. The Morgan fingerprint density at radius 1 is 1.42 bits per heavy atom. The Kier molecular flexibility index (Phi) is 4.30. The van der Waals surface area contributed by atoms with E-state index in [1.54, 1.807) is 30.2 Å². The van der Waals surface area contributed by atoms with Gasteiger partial charge in [-0.2, -0.15) is 0 Å². The number of methoxy groups -OCH3 is 1. The van der Waals surface area contributed by atoms with E-state index in [0.717, 1.165) is 6.54 Å². The predicted molar refractivity (Wildman–Crippen MR) is 76.3 cm³/mol. The molecule has 2 rings (SSSR count). The fourth-order valence-electron chi connectivity index (χ4n) is 2.78. The van der Waals surface area contributed by atoms with Crippen molar-refractivity contribution in [3.63, 3.8) is 0 Å². The van der Waals surface area contributed by atoms with Crippen LogP contribution < -0.4 is 10.5 Å². The molecule has 104 valence electrons. The van der Waals surface area contributed by atoms with E-state index in [0.29, 0.717) is 22.9 Å². The maximum Gasteiger partial charge on any atom is 0.255 e. The van der Waals surface area contributed by atoms with Crippen molar-refractivity contribution in [2.24, 2.45) is 5.92 Å². The van der Waals surface area contributed by atoms with Crippen molar-refractivity contribution < 1.29 is 9.53 Å². The molecule has 0 unspecified atom stereocenters. The summed E-state index contributed by atoms with van der Waals surface area (Å²) in [6.45, 7) is 0.815. The third-order valence-electron chi connectivity index (χ3n) is 3.87. The van der Waals surface area contributed by atoms with Crippen LogP contribution in [0.4, 0.5) is 5.69 Å². The molecule has 19 heavy (non-hydrogen) atoms. The smallest absolute Gasteiger partial charge is 0.255 e. The van der Waals surface area contributed by atoms with Gasteiger partial charge in [-0.15, -0.1) is 0 Å². The Hall–Kier alpha value is -1.71. The number of benzene rings is 1. The normalized spacial score (nSPS) is 15.5. The van der Waals surface area contributed by atoms with Gasteiger partial charge in [0.05, 0.1) is 18.4 Å². The van der Waals surface area contributed by atoms with E-state index in [1.807, 2.05) is 7.05 Å². The highest BCUT2D eigenvalue weighted by atomic mass is 16.5. The van der Waals surface area contributed by atoms with Gasteiger partial charge in [0.15, 0.2) is 0 Å². The Labute approximate surface area is 114 Å². The van der Waals surface area contributed by atoms with Crippen LogP contribution in [0.2, 0.25) is 0 Å². The largest absolute Gasteiger partial charge is 0.495 e. The van der Waals surface area contributed by atoms with Gasteiger partial charge in [-0.25, -0.2) is 0 Å². The average molecular weight is 262 g/mol. The Bertz CT molecular complexity index is 453. The highest BCUT2D eigenvalue weighted by Crippen LogP contribution is 2.28. The molecule has 0 atom stereocenters. The summed E-state index contributed by atoms with van der Waals surface area (Å²) in [6.07, 6.45) is 5.03. The number of carbonyl (C=O) groups excluding carboxylic acids is 1. The van der Waals surface area contributed by atoms with Gasteiger partial charge in [-0.1, -0.05) is 18.9 Å². The molecule has 0 bridgehead atoms. The number of rotatable bonds is 4. The van der Waals surface area contributed by atoms with Gasteiger partial charge >= 0.3 is 0 Å². The lowest BCUT2D eigenvalue weighted by molar-refractivity contribution is 0.0774. The van der Waals surface area contributed by atoms with Crippen LogP contribution in [0.1, 0.15) is 36.0 Å². The van der Waals surface area contributed by atoms with Crippen LogP contribution in [-0.2, 0) is 0 Å². The molecule has 0 aromatic heterocycles. The van der Waals surface area contributed by atoms with Crippen LogP contribution >= 0.6 is 0 Å². The van der Waals surface area contributed by atoms with Gasteiger partial charge in [0.2, 0.25) is 0 Å². The van der Waals surface area contributed by atoms with Crippen molar-refractivity contribution in [3.05, 3.63) is 23.8 Å². The zero-order valence-electron chi connectivity index (χ0n) is 11.7. The molecule has 4 nitrogen and oxygen atoms in total. The number of hydrogen-bond acceptors (Lipinski definition) is 3. The second kappa shape index (κ2) is 5.95. The second-order valence-electron chi connectivity index (χ2n) is 5.26. The summed E-state index contributed by atoms with van der Waals surface area (Å²) in [5.41, 5.74) is 6.92. The van der Waals surface area contributed by atoms with E-state index >= 15 is 0 Å². The van der Waals surface area contributed by atoms with Crippen molar-refractivity contribution >= 4 is 11.6 Å². The van der Waals surface area contributed by atoms with Crippen LogP contribution in [0.3, 0.4) is 0 Å². The van der Waals surface area contributed by atoms with Gasteiger partial charge < -0.3 is 15.4 Å². The van der Waals surface area contributed by atoms with Crippen molar-refractivity contribution in [2.45, 2.75) is 25.7 Å². The first kappa shape index (κ1) is 13.7. The minimum Gasteiger partial charge on any atom is -0.495 e. The lowest BCUT2D eigenvalue weighted by atomic mass is 10.1. The van der Waals surface area contributed by atoms with Gasteiger partial charge in [-0.05, 0) is 30.9 Å². The Balaban J connectivity index is 2.09. The van der Waals surface area contributed by atoms with Gasteiger partial charge in [0.1, 0.15) is 5.75 Å². The lowest BCUT2D eigenvalue weighted by Crippen LogP contribution is -2.31. The molecule has 0 radical (unpaired) electrons. The molecule has 1 amide bonds. The first-order valence-electron chi connectivity index (χ1n) is 6.81. The first-order valence-corrected chi connectivity index (χ1v) is 6.81. The molecular formula is C15H22N2O2. The van der Waals surface area contributed by atoms with Crippen LogP contribution in [0, 0.1) is 5.92 Å². The van der Waals surface area contributed by atoms with Crippen molar-refractivity contribution in [1.82, 2.24) is 4.90 Å². The maximum atomic E-state index is 12.4. The zero-order valence-corrected chi connectivity index (χ0v) is 11.7. The fraction of sp³-hybridized carbons (Fsp3) is 0.533. The summed E-state index contributed by atoms with van der Waals surface area (Å²) in [5, 5.41) is 0. The number of ether oxygens (including phenoxy) is 1. The van der Waals surface area contributed by atoms with E-state index in [4.69, 9.17) is 10.5 Å². The van der Waals surface area contributed by atoms with E-state index in [1.165, 1.54) is 25.7 Å². The first-order chi connectivity index (χ1) is 9.13. The molecule has 0 heterocycles. The molecule has 2 N–H and O–H groups in total. The molecule has 1 aromatic carbocycles. The van der Waals surface area contributed by atoms with Gasteiger partial charge in [0, 0.05) is 13.6 Å². The molecule has 1 fully saturated rings. The highest BCUT2D eigenvalue weighted by molar-refractivity contribution is 6.00. The quantitative estimate of drug-likeness (QED) is 0.848. The summed E-state index contributed by atoms with van der Waals surface area (Å²) < 4.78 is 5.15. The van der Waals surface area contributed by atoms with Crippen molar-refractivity contribution in [2.75, 3.05) is 26.4 Å². The summed E-state index contributed by atoms with van der Waals surface area (Å²) in [4.78, 5) is 14.2. The Morgan fingerprint density at radius 2 is 2.11 bits per heavy atom. The molecule has 1 aliphatic rings. The second-order valence-corrected chi connectivity index (χ2v) is 5.26. The highest BCUT2D eigenvalue weighted by Gasteiger charge is 2.22. The van der Waals surface area contributed by atoms with Gasteiger partial charge in [-0.3, -0.25) is 4.79 Å². The molecule has 0 saturated heterocycles. The van der Waals surface area contributed by atoms with Gasteiger partial charge in [0.25, 0.3) is 5.91 Å². The number of nitrogens with zero attached hydrogens (tertiary/aromatic N) is 1. The molecule has 1 aromatic rings.